The first-order valence-electron chi connectivity index (χ1n) is 12.9. The Morgan fingerprint density at radius 3 is 2.27 bits per heavy atom. The number of hydrogen-bond donors (Lipinski definition) is 2. The number of nitrogens with zero attached hydrogens (tertiary/aromatic N) is 5. The third kappa shape index (κ3) is 4.94. The molecule has 0 aliphatic rings. The van der Waals surface area contributed by atoms with Crippen LogP contribution < -0.4 is 26.7 Å². The first-order valence-corrected chi connectivity index (χ1v) is 12.9. The van der Waals surface area contributed by atoms with Gasteiger partial charge in [0.2, 0.25) is 0 Å². The summed E-state index contributed by atoms with van der Waals surface area (Å²) in [7, 11) is 1.95. The minimum Gasteiger partial charge on any atom is -0.370 e. The summed E-state index contributed by atoms with van der Waals surface area (Å²) in [6, 6.07) is 23.1. The number of hydrogen-bond acceptors (Lipinski definition) is 7. The second kappa shape index (κ2) is 10.2. The van der Waals surface area contributed by atoms with Crippen LogP contribution in [0.2, 0.25) is 0 Å². The first-order chi connectivity index (χ1) is 19.8. The molecular formula is C31H25N7O3. The lowest BCUT2D eigenvalue weighted by atomic mass is 10.0. The minimum absolute atomic E-state index is 0.0172. The van der Waals surface area contributed by atoms with Crippen LogP contribution >= 0.6 is 0 Å². The Hall–Kier alpha value is -5.64. The average molecular weight is 544 g/mol. The molecule has 0 saturated carbocycles. The molecule has 10 nitrogen and oxygen atoms in total. The van der Waals surface area contributed by atoms with E-state index < -0.39 is 11.1 Å². The number of anilines is 1. The van der Waals surface area contributed by atoms with Crippen molar-refractivity contribution >= 4 is 45.8 Å². The quantitative estimate of drug-likeness (QED) is 0.309. The number of aryl methyl sites for hydroxylation is 1. The molecule has 0 aliphatic heterocycles. The van der Waals surface area contributed by atoms with Crippen molar-refractivity contribution < 1.29 is 0 Å². The number of aromatic nitrogens is 5. The number of nitrogens with one attached hydrogen (secondary N) is 2. The molecule has 2 N–H and O–H groups in total. The fourth-order valence-electron chi connectivity index (χ4n) is 4.95. The summed E-state index contributed by atoms with van der Waals surface area (Å²) in [5.74, 6) is 0. The van der Waals surface area contributed by atoms with Crippen molar-refractivity contribution in [2.24, 2.45) is 5.18 Å². The SMILES string of the molecule is C=c1[nH]c(=O)c(=Cc2ccc3cc(N(C)Cc4cc(C)cc(-n5nc6ccccc6n5)c4N=O)ccc3c2)c(=O)[nH]1. The van der Waals surface area contributed by atoms with Crippen LogP contribution in [0.3, 0.4) is 0 Å². The topological polar surface area (TPSA) is 129 Å². The van der Waals surface area contributed by atoms with Crippen LogP contribution in [-0.2, 0) is 6.54 Å². The summed E-state index contributed by atoms with van der Waals surface area (Å²) in [4.78, 5) is 45.1. The zero-order chi connectivity index (χ0) is 28.7. The monoisotopic (exact) mass is 543 g/mol. The molecule has 0 fully saturated rings. The maximum absolute atomic E-state index is 12.2. The fraction of sp³-hybridized carbons (Fsp3) is 0.0968. The highest BCUT2D eigenvalue weighted by Gasteiger charge is 2.17. The van der Waals surface area contributed by atoms with Crippen molar-refractivity contribution in [3.8, 4) is 5.69 Å². The van der Waals surface area contributed by atoms with Crippen LogP contribution in [0.1, 0.15) is 16.7 Å². The van der Waals surface area contributed by atoms with Gasteiger partial charge in [0, 0.05) is 24.8 Å². The molecule has 6 aromatic rings. The van der Waals surface area contributed by atoms with Gasteiger partial charge in [-0.15, -0.1) is 19.9 Å². The summed E-state index contributed by atoms with van der Waals surface area (Å²) in [6.07, 6.45) is 1.55. The summed E-state index contributed by atoms with van der Waals surface area (Å²) >= 11 is 0. The van der Waals surface area contributed by atoms with Crippen molar-refractivity contribution in [3.63, 3.8) is 0 Å². The highest BCUT2D eigenvalue weighted by molar-refractivity contribution is 5.88. The minimum atomic E-state index is -0.490. The molecule has 0 spiro atoms. The van der Waals surface area contributed by atoms with E-state index in [-0.39, 0.29) is 10.7 Å². The van der Waals surface area contributed by atoms with Crippen molar-refractivity contribution in [3.05, 3.63) is 126 Å². The van der Waals surface area contributed by atoms with E-state index in [0.717, 1.165) is 44.2 Å². The Morgan fingerprint density at radius 2 is 1.59 bits per heavy atom. The van der Waals surface area contributed by atoms with E-state index in [0.29, 0.717) is 17.9 Å². The molecule has 41 heavy (non-hydrogen) atoms. The highest BCUT2D eigenvalue weighted by Crippen LogP contribution is 2.32. The number of fused-ring (bicyclic) bond motifs is 2. The normalized spacial score (nSPS) is 11.2. The van der Waals surface area contributed by atoms with E-state index >= 15 is 0 Å². The molecule has 4 aromatic carbocycles. The van der Waals surface area contributed by atoms with E-state index in [1.807, 2.05) is 91.7 Å². The van der Waals surface area contributed by atoms with E-state index in [9.17, 15) is 14.5 Å². The van der Waals surface area contributed by atoms with Gasteiger partial charge in [0.25, 0.3) is 11.1 Å². The van der Waals surface area contributed by atoms with Gasteiger partial charge in [-0.3, -0.25) is 9.59 Å². The second-order valence-corrected chi connectivity index (χ2v) is 9.95. The molecule has 0 atom stereocenters. The third-order valence-electron chi connectivity index (χ3n) is 6.93. The molecule has 0 bridgehead atoms. The van der Waals surface area contributed by atoms with E-state index in [2.05, 4.69) is 31.9 Å². The second-order valence-electron chi connectivity index (χ2n) is 9.95. The van der Waals surface area contributed by atoms with Crippen LogP contribution in [0.25, 0.3) is 40.1 Å². The molecule has 2 heterocycles. The van der Waals surface area contributed by atoms with E-state index in [4.69, 9.17) is 0 Å². The molecule has 6 rings (SSSR count). The standard InChI is InChI=1S/C31H25N7O3/c1-18-12-23(29(36-41)28(13-18)38-34-26-6-4-5-7-27(26)35-38)17-37(3)24-11-10-21-14-20(8-9-22(21)16-24)15-25-30(39)32-19(2)33-31(25)40/h4-16H,2,17H2,1,3H3,(H,32,39)(H,33,40). The van der Waals surface area contributed by atoms with Gasteiger partial charge in [0.05, 0.1) is 0 Å². The summed E-state index contributed by atoms with van der Waals surface area (Å²) in [5.41, 5.74) is 4.85. The number of nitroso groups, excluding NO2 is 1. The van der Waals surface area contributed by atoms with Crippen molar-refractivity contribution in [2.45, 2.75) is 13.5 Å². The van der Waals surface area contributed by atoms with E-state index in [1.54, 1.807) is 6.08 Å². The number of H-pyrrole nitrogens is 2. The van der Waals surface area contributed by atoms with Crippen LogP contribution in [0.4, 0.5) is 11.4 Å². The Balaban J connectivity index is 1.32. The molecule has 0 amide bonds. The predicted octanol–water partition coefficient (Wildman–Crippen LogP) is 3.53. The Morgan fingerprint density at radius 1 is 0.927 bits per heavy atom. The lowest BCUT2D eigenvalue weighted by Gasteiger charge is -2.21. The Labute approximate surface area is 232 Å². The lowest BCUT2D eigenvalue weighted by Crippen LogP contribution is -2.47. The Bertz CT molecular complexity index is 2140. The molecule has 202 valence electrons. The lowest BCUT2D eigenvalue weighted by molar-refractivity contribution is 0.762. The summed E-state index contributed by atoms with van der Waals surface area (Å²) in [6.45, 7) is 5.96. The van der Waals surface area contributed by atoms with Crippen molar-refractivity contribution in [1.29, 1.82) is 0 Å². The van der Waals surface area contributed by atoms with Gasteiger partial charge < -0.3 is 14.9 Å². The smallest absolute Gasteiger partial charge is 0.262 e. The Kier molecular flexibility index (Phi) is 6.35. The van der Waals surface area contributed by atoms with Crippen molar-refractivity contribution in [2.75, 3.05) is 11.9 Å². The maximum Gasteiger partial charge on any atom is 0.262 e. The van der Waals surface area contributed by atoms with Gasteiger partial charge in [-0.05, 0) is 76.5 Å². The van der Waals surface area contributed by atoms with Gasteiger partial charge in [0.1, 0.15) is 33.1 Å². The predicted molar refractivity (Wildman–Crippen MR) is 161 cm³/mol. The molecule has 0 saturated heterocycles. The molecule has 0 aliphatic carbocycles. The first kappa shape index (κ1) is 25.6. The number of aromatic amines is 2. The largest absolute Gasteiger partial charge is 0.370 e. The molecule has 2 aromatic heterocycles. The van der Waals surface area contributed by atoms with Crippen LogP contribution in [0.15, 0.2) is 87.6 Å². The molecule has 10 heteroatoms. The van der Waals surface area contributed by atoms with Crippen LogP contribution in [-0.4, -0.2) is 32.0 Å². The van der Waals surface area contributed by atoms with Gasteiger partial charge in [-0.1, -0.05) is 43.0 Å². The number of rotatable bonds is 6. The van der Waals surface area contributed by atoms with Gasteiger partial charge in [0.15, 0.2) is 0 Å². The van der Waals surface area contributed by atoms with E-state index in [1.165, 1.54) is 4.80 Å². The zero-order valence-electron chi connectivity index (χ0n) is 22.4. The van der Waals surface area contributed by atoms with Crippen LogP contribution in [0, 0.1) is 11.8 Å². The summed E-state index contributed by atoms with van der Waals surface area (Å²) in [5, 5.41) is 14.4. The molecule has 0 unspecified atom stereocenters. The van der Waals surface area contributed by atoms with Gasteiger partial charge in [-0.25, -0.2) is 0 Å². The average Bonchev–Trinajstić information content (AvgIpc) is 3.39. The maximum atomic E-state index is 12.2. The van der Waals surface area contributed by atoms with Crippen LogP contribution in [0.5, 0.6) is 0 Å². The van der Waals surface area contributed by atoms with Crippen molar-refractivity contribution in [1.82, 2.24) is 25.0 Å². The highest BCUT2D eigenvalue weighted by atomic mass is 16.3. The number of benzene rings is 4. The van der Waals surface area contributed by atoms with Gasteiger partial charge >= 0.3 is 0 Å². The molecular weight excluding hydrogens is 518 g/mol. The van der Waals surface area contributed by atoms with Gasteiger partial charge in [-0.2, -0.15) is 0 Å². The third-order valence-corrected chi connectivity index (χ3v) is 6.93. The molecule has 0 radical (unpaired) electrons. The fourth-order valence-corrected chi connectivity index (χ4v) is 4.95. The summed E-state index contributed by atoms with van der Waals surface area (Å²) < 4.78 is 0. The zero-order valence-corrected chi connectivity index (χ0v) is 22.4.